The molecule has 0 saturated heterocycles. The number of likely N-dealkylation sites (N-methyl/N-ethyl adjacent to an activating group) is 1. The highest BCUT2D eigenvalue weighted by molar-refractivity contribution is 5.71. The molecule has 0 fully saturated rings. The van der Waals surface area contributed by atoms with Crippen molar-refractivity contribution in [2.45, 2.75) is 33.1 Å². The number of hydrogen-bond donors (Lipinski definition) is 0. The molecule has 0 heterocycles. The Hall–Kier alpha value is -0.780. The number of hydrogen-bond acceptors (Lipinski definition) is 3. The Balaban J connectivity index is 4.04. The van der Waals surface area contributed by atoms with Gasteiger partial charge >= 0.3 is 12.1 Å². The van der Waals surface area contributed by atoms with Crippen LogP contribution < -0.4 is 0 Å². The van der Waals surface area contributed by atoms with Crippen molar-refractivity contribution in [3.63, 3.8) is 0 Å². The van der Waals surface area contributed by atoms with Crippen LogP contribution in [0.5, 0.6) is 0 Å². The van der Waals surface area contributed by atoms with Crippen molar-refractivity contribution in [2.24, 2.45) is 0 Å². The number of carbonyl (C=O) groups excluding carboxylic acids is 1. The number of rotatable bonds is 5. The number of nitrogens with zero attached hydrogens (tertiary/aromatic N) is 1. The van der Waals surface area contributed by atoms with Crippen LogP contribution in [-0.4, -0.2) is 42.8 Å². The van der Waals surface area contributed by atoms with Gasteiger partial charge in [-0.1, -0.05) is 6.92 Å². The topological polar surface area (TPSA) is 29.5 Å². The summed E-state index contributed by atoms with van der Waals surface area (Å²) in [5.74, 6) is -0.629. The molecule has 0 spiro atoms. The molecule has 0 aromatic carbocycles. The SMILES string of the molecule is CCN(CC(=O)OC(C)C)CC(F)(F)F. The van der Waals surface area contributed by atoms with Gasteiger partial charge in [0.2, 0.25) is 0 Å². The van der Waals surface area contributed by atoms with E-state index in [4.69, 9.17) is 4.74 Å². The number of halogens is 3. The molecule has 3 nitrogen and oxygen atoms in total. The third-order valence-corrected chi connectivity index (χ3v) is 1.57. The quantitative estimate of drug-likeness (QED) is 0.671. The van der Waals surface area contributed by atoms with Gasteiger partial charge in [-0.05, 0) is 20.4 Å². The first-order chi connectivity index (χ1) is 6.74. The van der Waals surface area contributed by atoms with E-state index >= 15 is 0 Å². The minimum absolute atomic E-state index is 0.159. The lowest BCUT2D eigenvalue weighted by molar-refractivity contribution is -0.158. The summed E-state index contributed by atoms with van der Waals surface area (Å²) >= 11 is 0. The van der Waals surface area contributed by atoms with Gasteiger partial charge in [-0.25, -0.2) is 0 Å². The maximum atomic E-state index is 12.0. The fourth-order valence-corrected chi connectivity index (χ4v) is 1.02. The second-order valence-corrected chi connectivity index (χ2v) is 3.46. The zero-order valence-corrected chi connectivity index (χ0v) is 9.10. The molecule has 0 rings (SSSR count). The summed E-state index contributed by atoms with van der Waals surface area (Å²) in [4.78, 5) is 12.1. The third kappa shape index (κ3) is 8.23. The Morgan fingerprint density at radius 2 is 1.93 bits per heavy atom. The molecule has 0 radical (unpaired) electrons. The van der Waals surface area contributed by atoms with E-state index in [0.717, 1.165) is 4.90 Å². The molecule has 0 bridgehead atoms. The maximum Gasteiger partial charge on any atom is 0.401 e. The summed E-state index contributed by atoms with van der Waals surface area (Å²) in [6.45, 7) is 3.61. The van der Waals surface area contributed by atoms with E-state index < -0.39 is 18.7 Å². The molecule has 0 unspecified atom stereocenters. The first-order valence-electron chi connectivity index (χ1n) is 4.73. The highest BCUT2D eigenvalue weighted by Crippen LogP contribution is 2.16. The van der Waals surface area contributed by atoms with Gasteiger partial charge in [0.05, 0.1) is 19.2 Å². The molecule has 90 valence electrons. The first-order valence-corrected chi connectivity index (χ1v) is 4.73. The average Bonchev–Trinajstić information content (AvgIpc) is 1.98. The summed E-state index contributed by atoms with van der Waals surface area (Å²) in [7, 11) is 0. The summed E-state index contributed by atoms with van der Waals surface area (Å²) in [5, 5.41) is 0. The van der Waals surface area contributed by atoms with Crippen molar-refractivity contribution < 1.29 is 22.7 Å². The van der Waals surface area contributed by atoms with Crippen molar-refractivity contribution in [1.29, 1.82) is 0 Å². The predicted molar refractivity (Wildman–Crippen MR) is 49.4 cm³/mol. The van der Waals surface area contributed by atoms with Crippen LogP contribution >= 0.6 is 0 Å². The highest BCUT2D eigenvalue weighted by atomic mass is 19.4. The minimum atomic E-state index is -4.28. The fourth-order valence-electron chi connectivity index (χ4n) is 1.02. The zero-order valence-electron chi connectivity index (χ0n) is 9.10. The fraction of sp³-hybridized carbons (Fsp3) is 0.889. The summed E-state index contributed by atoms with van der Waals surface area (Å²) in [6.07, 6.45) is -4.59. The van der Waals surface area contributed by atoms with Gasteiger partial charge in [-0.15, -0.1) is 0 Å². The van der Waals surface area contributed by atoms with Gasteiger partial charge in [-0.3, -0.25) is 9.69 Å². The van der Waals surface area contributed by atoms with E-state index in [-0.39, 0.29) is 19.2 Å². The lowest BCUT2D eigenvalue weighted by atomic mass is 10.4. The van der Waals surface area contributed by atoms with Crippen molar-refractivity contribution in [1.82, 2.24) is 4.90 Å². The molecule has 0 aliphatic rings. The van der Waals surface area contributed by atoms with Gasteiger partial charge in [0.1, 0.15) is 0 Å². The van der Waals surface area contributed by atoms with E-state index in [0.29, 0.717) is 0 Å². The van der Waals surface area contributed by atoms with Gasteiger partial charge in [-0.2, -0.15) is 13.2 Å². The smallest absolute Gasteiger partial charge is 0.401 e. The Morgan fingerprint density at radius 3 is 2.27 bits per heavy atom. The molecular formula is C9H16F3NO2. The van der Waals surface area contributed by atoms with Gasteiger partial charge < -0.3 is 4.74 Å². The summed E-state index contributed by atoms with van der Waals surface area (Å²) in [5.41, 5.74) is 0. The van der Waals surface area contributed by atoms with E-state index in [2.05, 4.69) is 0 Å². The molecule has 0 N–H and O–H groups in total. The van der Waals surface area contributed by atoms with Gasteiger partial charge in [0.25, 0.3) is 0 Å². The number of alkyl halides is 3. The predicted octanol–water partition coefficient (Wildman–Crippen LogP) is 1.82. The largest absolute Gasteiger partial charge is 0.462 e. The molecule has 0 saturated carbocycles. The van der Waals surface area contributed by atoms with E-state index in [9.17, 15) is 18.0 Å². The monoisotopic (exact) mass is 227 g/mol. The number of carbonyl (C=O) groups is 1. The number of esters is 1. The lowest BCUT2D eigenvalue weighted by Crippen LogP contribution is -2.38. The number of ether oxygens (including phenoxy) is 1. The van der Waals surface area contributed by atoms with Crippen LogP contribution in [0.4, 0.5) is 13.2 Å². The van der Waals surface area contributed by atoms with Crippen LogP contribution in [0.1, 0.15) is 20.8 Å². The second kappa shape index (κ2) is 5.95. The maximum absolute atomic E-state index is 12.0. The van der Waals surface area contributed by atoms with Gasteiger partial charge in [0.15, 0.2) is 0 Å². The molecule has 15 heavy (non-hydrogen) atoms. The lowest BCUT2D eigenvalue weighted by Gasteiger charge is -2.21. The van der Waals surface area contributed by atoms with Crippen LogP contribution in [0.25, 0.3) is 0 Å². The molecule has 0 amide bonds. The van der Waals surface area contributed by atoms with E-state index in [1.54, 1.807) is 20.8 Å². The summed E-state index contributed by atoms with van der Waals surface area (Å²) in [6, 6.07) is 0. The van der Waals surface area contributed by atoms with Crippen LogP contribution in [-0.2, 0) is 9.53 Å². The third-order valence-electron chi connectivity index (χ3n) is 1.57. The molecule has 6 heteroatoms. The molecule has 0 aliphatic carbocycles. The minimum Gasteiger partial charge on any atom is -0.462 e. The Bertz CT molecular complexity index is 204. The van der Waals surface area contributed by atoms with Crippen LogP contribution in [0.3, 0.4) is 0 Å². The van der Waals surface area contributed by atoms with Crippen molar-refractivity contribution in [3.8, 4) is 0 Å². The van der Waals surface area contributed by atoms with E-state index in [1.165, 1.54) is 0 Å². The summed E-state index contributed by atoms with van der Waals surface area (Å²) < 4.78 is 40.8. The molecule has 0 atom stereocenters. The molecule has 0 aromatic heterocycles. The Morgan fingerprint density at radius 1 is 1.40 bits per heavy atom. The van der Waals surface area contributed by atoms with E-state index in [1.807, 2.05) is 0 Å². The van der Waals surface area contributed by atoms with Crippen LogP contribution in [0, 0.1) is 0 Å². The average molecular weight is 227 g/mol. The Kier molecular flexibility index (Phi) is 5.64. The van der Waals surface area contributed by atoms with Gasteiger partial charge in [0, 0.05) is 0 Å². The highest BCUT2D eigenvalue weighted by Gasteiger charge is 2.31. The normalized spacial score (nSPS) is 12.3. The van der Waals surface area contributed by atoms with Crippen molar-refractivity contribution in [3.05, 3.63) is 0 Å². The second-order valence-electron chi connectivity index (χ2n) is 3.46. The standard InChI is InChI=1S/C9H16F3NO2/c1-4-13(6-9(10,11)12)5-8(14)15-7(2)3/h7H,4-6H2,1-3H3. The molecular weight excluding hydrogens is 211 g/mol. The first kappa shape index (κ1) is 14.2. The molecule has 0 aromatic rings. The van der Waals surface area contributed by atoms with Crippen molar-refractivity contribution in [2.75, 3.05) is 19.6 Å². The van der Waals surface area contributed by atoms with Crippen molar-refractivity contribution >= 4 is 5.97 Å². The molecule has 0 aliphatic heterocycles. The Labute approximate surface area is 87.2 Å². The zero-order chi connectivity index (χ0) is 12.1. The van der Waals surface area contributed by atoms with Crippen LogP contribution in [0.2, 0.25) is 0 Å². The van der Waals surface area contributed by atoms with Crippen LogP contribution in [0.15, 0.2) is 0 Å².